The van der Waals surface area contributed by atoms with Gasteiger partial charge in [0.2, 0.25) is 76.8 Å². The van der Waals surface area contributed by atoms with Crippen molar-refractivity contribution in [2.75, 3.05) is 52.4 Å². The second-order valence-corrected chi connectivity index (χ2v) is 29.0. The number of guanidine groups is 2. The van der Waals surface area contributed by atoms with E-state index >= 15 is 0 Å². The summed E-state index contributed by atoms with van der Waals surface area (Å²) in [6.45, 7) is 13.2. The number of aromatic nitrogens is 2. The molecule has 4 aliphatic heterocycles. The van der Waals surface area contributed by atoms with E-state index < -0.39 is 156 Å². The maximum absolute atomic E-state index is 14.9. The zero-order valence-corrected chi connectivity index (χ0v) is 64.5. The fraction of sp³-hybridized carbons (Fsp3) is 0.613. The Morgan fingerprint density at radius 1 is 0.616 bits per heavy atom. The Balaban J connectivity index is 1.13. The zero-order valence-electron chi connectivity index (χ0n) is 64.5. The van der Waals surface area contributed by atoms with Gasteiger partial charge < -0.3 is 106 Å². The predicted molar refractivity (Wildman–Crippen MR) is 414 cm³/mol. The van der Waals surface area contributed by atoms with Crippen LogP contribution < -0.4 is 76.5 Å². The maximum Gasteiger partial charge on any atom is 0.326 e. The van der Waals surface area contributed by atoms with E-state index in [1.807, 2.05) is 6.92 Å². The molecule has 13 amide bonds. The number of imidazole rings is 1. The highest BCUT2D eigenvalue weighted by Crippen LogP contribution is 2.26. The molecule has 6 rings (SSSR count). The minimum atomic E-state index is -1.46. The fourth-order valence-electron chi connectivity index (χ4n) is 14.2. The molecule has 2 aromatic rings. The molecule has 0 bridgehead atoms. The molecule has 0 spiro atoms. The number of nitrogens with one attached hydrogen (secondary N) is 10. The van der Waals surface area contributed by atoms with E-state index in [1.165, 1.54) is 44.3 Å². The van der Waals surface area contributed by atoms with E-state index in [-0.39, 0.29) is 166 Å². The molecule has 37 nitrogen and oxygen atoms in total. The first-order valence-electron chi connectivity index (χ1n) is 38.8. The van der Waals surface area contributed by atoms with Crippen LogP contribution in [0.4, 0.5) is 0 Å². The molecule has 1 aromatic heterocycles. The Morgan fingerprint density at radius 2 is 1.14 bits per heavy atom. The number of carbonyl (C=O) groups excluding carboxylic acids is 13. The average molecular weight is 1570 g/mol. The Bertz CT molecular complexity index is 3630. The molecular formula is C75H116N22O15. The van der Waals surface area contributed by atoms with Crippen LogP contribution in [0.1, 0.15) is 160 Å². The minimum Gasteiger partial charge on any atom is -0.480 e. The van der Waals surface area contributed by atoms with Crippen LogP contribution in [-0.4, -0.2) is 254 Å². The van der Waals surface area contributed by atoms with E-state index in [2.05, 4.69) is 81.0 Å². The third-order valence-corrected chi connectivity index (χ3v) is 20.0. The number of aromatic amines is 1. The van der Waals surface area contributed by atoms with Crippen LogP contribution in [0.25, 0.3) is 0 Å². The number of hydrogen-bond donors (Lipinski definition) is 16. The fourth-order valence-corrected chi connectivity index (χ4v) is 14.2. The van der Waals surface area contributed by atoms with Gasteiger partial charge in [0.05, 0.1) is 12.9 Å². The number of hydrogen-bond acceptors (Lipinski definition) is 18. The van der Waals surface area contributed by atoms with Gasteiger partial charge in [0.1, 0.15) is 72.5 Å². The van der Waals surface area contributed by atoms with Crippen LogP contribution in [-0.2, 0) is 80.0 Å². The summed E-state index contributed by atoms with van der Waals surface area (Å²) < 4.78 is 0. The zero-order chi connectivity index (χ0) is 82.0. The summed E-state index contributed by atoms with van der Waals surface area (Å²) in [6, 6.07) is -5.72. The molecule has 0 saturated carbocycles. The number of carboxylic acid groups (broad SMARTS) is 1. The van der Waals surface area contributed by atoms with Crippen molar-refractivity contribution >= 4 is 94.7 Å². The molecule has 1 aromatic carbocycles. The molecule has 0 unspecified atom stereocenters. The Labute approximate surface area is 652 Å². The third kappa shape index (κ3) is 27.8. The van der Waals surface area contributed by atoms with Crippen LogP contribution in [0.2, 0.25) is 0 Å². The highest BCUT2D eigenvalue weighted by molar-refractivity contribution is 6.00. The highest BCUT2D eigenvalue weighted by Gasteiger charge is 2.45. The Morgan fingerprint density at radius 3 is 1.71 bits per heavy atom. The number of carboxylic acids is 1. The van der Waals surface area contributed by atoms with Crippen LogP contribution in [0.5, 0.6) is 0 Å². The molecule has 0 radical (unpaired) electrons. The molecule has 5 heterocycles. The molecule has 4 aliphatic rings. The number of carbonyl (C=O) groups is 14. The van der Waals surface area contributed by atoms with Crippen molar-refractivity contribution in [3.8, 4) is 0 Å². The smallest absolute Gasteiger partial charge is 0.326 e. The van der Waals surface area contributed by atoms with Gasteiger partial charge in [-0.2, -0.15) is 0 Å². The summed E-state index contributed by atoms with van der Waals surface area (Å²) in [6.07, 6.45) is 9.92. The summed E-state index contributed by atoms with van der Waals surface area (Å²) in [4.78, 5) is 218. The summed E-state index contributed by atoms with van der Waals surface area (Å²) in [7, 11) is 0. The van der Waals surface area contributed by atoms with Crippen molar-refractivity contribution in [1.82, 2.24) is 77.4 Å². The van der Waals surface area contributed by atoms with E-state index in [0.29, 0.717) is 56.2 Å². The van der Waals surface area contributed by atoms with Crippen molar-refractivity contribution in [3.63, 3.8) is 0 Å². The first-order chi connectivity index (χ1) is 53.6. The van der Waals surface area contributed by atoms with Crippen LogP contribution in [0.15, 0.2) is 78.2 Å². The van der Waals surface area contributed by atoms with E-state index in [0.717, 1.165) is 0 Å². The lowest BCUT2D eigenvalue weighted by atomic mass is 10.0. The highest BCUT2D eigenvalue weighted by atomic mass is 16.4. The largest absolute Gasteiger partial charge is 0.480 e. The van der Waals surface area contributed by atoms with Crippen LogP contribution in [0, 0.1) is 5.92 Å². The topological polar surface area (TPSA) is 564 Å². The Kier molecular flexibility index (Phi) is 36.9. The number of rotatable bonds is 47. The summed E-state index contributed by atoms with van der Waals surface area (Å²) in [5.41, 5.74) is 29.3. The molecule has 4 saturated heterocycles. The van der Waals surface area contributed by atoms with E-state index in [9.17, 15) is 72.2 Å². The van der Waals surface area contributed by atoms with Gasteiger partial charge in [-0.1, -0.05) is 76.1 Å². The average Bonchev–Trinajstić information content (AvgIpc) is 1.60. The molecule has 616 valence electrons. The maximum atomic E-state index is 14.9. The van der Waals surface area contributed by atoms with Crippen molar-refractivity contribution in [2.45, 2.75) is 235 Å². The normalized spacial score (nSPS) is 18.7. The lowest BCUT2D eigenvalue weighted by molar-refractivity contribution is -0.149. The molecule has 4 fully saturated rings. The minimum absolute atomic E-state index is 0.00886. The number of aliphatic carboxylic acids is 1. The van der Waals surface area contributed by atoms with E-state index in [4.69, 9.17) is 28.7 Å². The first-order valence-corrected chi connectivity index (χ1v) is 38.8. The van der Waals surface area contributed by atoms with Gasteiger partial charge in [-0.05, 0) is 127 Å². The quantitative estimate of drug-likeness (QED) is 0.0141. The van der Waals surface area contributed by atoms with Crippen LogP contribution in [0.3, 0.4) is 0 Å². The van der Waals surface area contributed by atoms with Gasteiger partial charge in [0, 0.05) is 70.4 Å². The summed E-state index contributed by atoms with van der Waals surface area (Å²) in [5.74, 6) is -10.6. The lowest BCUT2D eigenvalue weighted by Gasteiger charge is -2.36. The molecule has 37 heteroatoms. The SMILES string of the molecule is C=CC[C@H](NC(=O)[C@H](CC(C)C)NC(=O)[C@H](CCCN=C(N)N)NC(=O)[C@@H]1CCCN1C(=O)[C@H](CCCN=C(N)N)N(CC=C)C(=O)[C@@H]1CCC(=O)N1)C(=O)N[C@@H](Cc1cnc[nH]1)C(=O)N[C@@H](CCCCN)C(=O)NCC(=O)N1CCC[C@H]1C(=O)N[C@@H](CCCC)C(=O)N1CCC[C@H]1C(=O)N[C@@H](Cc1ccccc1)C(=O)O. The number of H-pyrrole nitrogens is 1. The number of nitrogens with two attached hydrogens (primary N) is 5. The van der Waals surface area contributed by atoms with Gasteiger partial charge in [-0.3, -0.25) is 72.3 Å². The second-order valence-electron chi connectivity index (χ2n) is 29.0. The molecule has 0 aliphatic carbocycles. The van der Waals surface area contributed by atoms with Crippen molar-refractivity contribution in [2.24, 2.45) is 44.6 Å². The predicted octanol–water partition coefficient (Wildman–Crippen LogP) is -2.53. The standard InChI is InChI=1S/C75H116N22O15/c1-6-9-23-51(70(108)96-37-18-28-57(96)69(107)93-55(73(111)112)40-46-21-11-10-12-22-46)90-67(105)56-27-17-36-94(56)61(99)43-84-62(100)49(24-13-14-32-76)88-66(104)54(41-47-42-81-44-85-47)92-63(101)48(20-7-2)87-65(103)53(39-45(4)5)91-64(102)50(25-15-33-82-74(77)78)89-68(106)58-29-19-38-97(58)72(110)59(26-16-34-83-75(79)80)95(35-8-3)71(109)52-30-31-60(98)86-52/h7-8,10-12,21-22,42,44-45,48-59H,2-3,6,9,13-20,23-41,43,76H2,1,4-5H3,(H,81,85)(H,84,100)(H,86,98)(H,87,103)(H,88,104)(H,89,106)(H,90,105)(H,91,102)(H,92,101)(H,93,107)(H,111,112)(H4,77,78,82)(H4,79,80,83)/t48-,49-,50-,51-,52-,53-,54-,55-,56-,57-,58-,59-/m0/s1. The van der Waals surface area contributed by atoms with Gasteiger partial charge >= 0.3 is 5.97 Å². The number of likely N-dealkylation sites (tertiary alicyclic amines) is 3. The number of unbranched alkanes of at least 4 members (excludes halogenated alkanes) is 2. The number of nitrogens with zero attached hydrogens (tertiary/aromatic N) is 7. The monoisotopic (exact) mass is 1560 g/mol. The molecule has 12 atom stereocenters. The van der Waals surface area contributed by atoms with E-state index in [1.54, 1.807) is 44.2 Å². The number of aliphatic imine (C=N–C) groups is 2. The summed E-state index contributed by atoms with van der Waals surface area (Å²) >= 11 is 0. The lowest BCUT2D eigenvalue weighted by Crippen LogP contribution is -2.60. The van der Waals surface area contributed by atoms with Crippen LogP contribution >= 0.6 is 0 Å². The number of amides is 13. The molecular weight excluding hydrogens is 1450 g/mol. The van der Waals surface area contributed by atoms with Crippen molar-refractivity contribution in [1.29, 1.82) is 0 Å². The van der Waals surface area contributed by atoms with Gasteiger partial charge in [-0.15, -0.1) is 13.2 Å². The number of benzene rings is 1. The van der Waals surface area contributed by atoms with Crippen molar-refractivity contribution < 1.29 is 72.2 Å². The van der Waals surface area contributed by atoms with Gasteiger partial charge in [0.25, 0.3) is 0 Å². The van der Waals surface area contributed by atoms with Gasteiger partial charge in [-0.25, -0.2) is 9.78 Å². The first kappa shape index (κ1) is 89.9. The molecule has 21 N–H and O–H groups in total. The second kappa shape index (κ2) is 46.0. The summed E-state index contributed by atoms with van der Waals surface area (Å²) in [5, 5.41) is 34.4. The van der Waals surface area contributed by atoms with Crippen molar-refractivity contribution in [3.05, 3.63) is 79.4 Å². The van der Waals surface area contributed by atoms with Gasteiger partial charge in [0.15, 0.2) is 11.9 Å². The molecule has 112 heavy (non-hydrogen) atoms. The Hall–Kier alpha value is -11.0. The third-order valence-electron chi connectivity index (χ3n) is 20.0.